The third-order valence-electron chi connectivity index (χ3n) is 5.67. The smallest absolute Gasteiger partial charge is 0.253 e. The summed E-state index contributed by atoms with van der Waals surface area (Å²) in [6.45, 7) is 2.63. The Labute approximate surface area is 179 Å². The number of carbonyl (C=O) groups excluding carboxylic acids is 1. The molecule has 0 radical (unpaired) electrons. The number of fused-ring (bicyclic) bond motifs is 1. The maximum Gasteiger partial charge on any atom is 0.253 e. The Morgan fingerprint density at radius 3 is 2.10 bits per heavy atom. The average molecular weight is 412 g/mol. The molecule has 3 aromatic carbocycles. The van der Waals surface area contributed by atoms with Gasteiger partial charge in [0.15, 0.2) is 5.82 Å². The molecular weight excluding hydrogens is 391 g/mol. The van der Waals surface area contributed by atoms with Crippen LogP contribution in [0, 0.1) is 5.82 Å². The topological polar surface area (TPSA) is 49.3 Å². The quantitative estimate of drug-likeness (QED) is 0.501. The van der Waals surface area contributed by atoms with Crippen molar-refractivity contribution in [2.75, 3.05) is 31.1 Å². The summed E-state index contributed by atoms with van der Waals surface area (Å²) in [6, 6.07) is 23.7. The molecular formula is C25H21FN4O. The number of anilines is 1. The Morgan fingerprint density at radius 1 is 0.742 bits per heavy atom. The van der Waals surface area contributed by atoms with E-state index in [-0.39, 0.29) is 11.7 Å². The molecule has 1 aromatic heterocycles. The molecule has 2 heterocycles. The molecule has 0 bridgehead atoms. The van der Waals surface area contributed by atoms with Crippen LogP contribution in [0.15, 0.2) is 78.9 Å². The van der Waals surface area contributed by atoms with Crippen LogP contribution in [0.2, 0.25) is 0 Å². The Balaban J connectivity index is 1.41. The first-order valence-electron chi connectivity index (χ1n) is 10.3. The standard InChI is InChI=1S/C25H21FN4O/c26-20-12-10-18(11-13-20)23-21-8-4-5-9-22(21)24(28-27-23)29-14-16-30(17-15-29)25(31)19-6-2-1-3-7-19/h1-13H,14-17H2. The third kappa shape index (κ3) is 3.72. The highest BCUT2D eigenvalue weighted by Crippen LogP contribution is 2.31. The summed E-state index contributed by atoms with van der Waals surface area (Å²) in [5.41, 5.74) is 2.28. The molecule has 154 valence electrons. The molecule has 1 saturated heterocycles. The van der Waals surface area contributed by atoms with Crippen molar-refractivity contribution in [3.63, 3.8) is 0 Å². The molecule has 1 aliphatic heterocycles. The maximum atomic E-state index is 13.3. The predicted molar refractivity (Wildman–Crippen MR) is 119 cm³/mol. The van der Waals surface area contributed by atoms with Crippen LogP contribution >= 0.6 is 0 Å². The first-order chi connectivity index (χ1) is 15.2. The Bertz CT molecular complexity index is 1220. The summed E-state index contributed by atoms with van der Waals surface area (Å²) in [5, 5.41) is 11.0. The molecule has 0 saturated carbocycles. The number of hydrogen-bond acceptors (Lipinski definition) is 4. The van der Waals surface area contributed by atoms with Crippen molar-refractivity contribution in [2.45, 2.75) is 0 Å². The average Bonchev–Trinajstić information content (AvgIpc) is 2.84. The Morgan fingerprint density at radius 2 is 1.39 bits per heavy atom. The SMILES string of the molecule is O=C(c1ccccc1)N1CCN(c2nnc(-c3ccc(F)cc3)c3ccccc23)CC1. The van der Waals surface area contributed by atoms with E-state index < -0.39 is 0 Å². The second-order valence-corrected chi connectivity index (χ2v) is 7.57. The molecule has 1 fully saturated rings. The van der Waals surface area contributed by atoms with Crippen LogP contribution in [0.5, 0.6) is 0 Å². The van der Waals surface area contributed by atoms with Gasteiger partial charge in [-0.15, -0.1) is 10.2 Å². The number of carbonyl (C=O) groups is 1. The minimum atomic E-state index is -0.277. The summed E-state index contributed by atoms with van der Waals surface area (Å²) >= 11 is 0. The highest BCUT2D eigenvalue weighted by Gasteiger charge is 2.24. The van der Waals surface area contributed by atoms with Gasteiger partial charge in [0, 0.05) is 48.1 Å². The monoisotopic (exact) mass is 412 g/mol. The number of nitrogens with zero attached hydrogens (tertiary/aromatic N) is 4. The van der Waals surface area contributed by atoms with Gasteiger partial charge in [0.05, 0.1) is 0 Å². The fourth-order valence-electron chi connectivity index (χ4n) is 4.03. The van der Waals surface area contributed by atoms with E-state index in [1.165, 1.54) is 12.1 Å². The van der Waals surface area contributed by atoms with Crippen LogP contribution in [0.25, 0.3) is 22.0 Å². The van der Waals surface area contributed by atoms with Crippen molar-refractivity contribution in [3.05, 3.63) is 90.2 Å². The number of amides is 1. The molecule has 5 rings (SSSR count). The molecule has 0 aliphatic carbocycles. The van der Waals surface area contributed by atoms with Crippen LogP contribution < -0.4 is 4.90 Å². The number of benzene rings is 3. The van der Waals surface area contributed by atoms with Gasteiger partial charge in [-0.3, -0.25) is 4.79 Å². The summed E-state index contributed by atoms with van der Waals surface area (Å²) < 4.78 is 13.3. The number of piperazine rings is 1. The molecule has 0 spiro atoms. The van der Waals surface area contributed by atoms with Crippen molar-refractivity contribution in [1.82, 2.24) is 15.1 Å². The Hall–Kier alpha value is -3.80. The van der Waals surface area contributed by atoms with Crippen molar-refractivity contribution >= 4 is 22.5 Å². The molecule has 0 N–H and O–H groups in total. The molecule has 1 aliphatic rings. The zero-order valence-electron chi connectivity index (χ0n) is 16.9. The van der Waals surface area contributed by atoms with E-state index in [0.29, 0.717) is 31.7 Å². The van der Waals surface area contributed by atoms with Gasteiger partial charge in [0.2, 0.25) is 0 Å². The molecule has 1 amide bonds. The fourth-order valence-corrected chi connectivity index (χ4v) is 4.03. The molecule has 0 atom stereocenters. The van der Waals surface area contributed by atoms with Gasteiger partial charge in [-0.2, -0.15) is 0 Å². The van der Waals surface area contributed by atoms with Crippen LogP contribution in [-0.2, 0) is 0 Å². The van der Waals surface area contributed by atoms with Gasteiger partial charge in [-0.25, -0.2) is 4.39 Å². The summed E-state index contributed by atoms with van der Waals surface area (Å²) in [6.07, 6.45) is 0. The lowest BCUT2D eigenvalue weighted by Crippen LogP contribution is -2.49. The lowest BCUT2D eigenvalue weighted by Gasteiger charge is -2.35. The zero-order valence-corrected chi connectivity index (χ0v) is 16.9. The van der Waals surface area contributed by atoms with Gasteiger partial charge < -0.3 is 9.80 Å². The van der Waals surface area contributed by atoms with E-state index in [1.807, 2.05) is 59.5 Å². The van der Waals surface area contributed by atoms with Crippen molar-refractivity contribution in [2.24, 2.45) is 0 Å². The minimum absolute atomic E-state index is 0.0582. The first kappa shape index (κ1) is 19.2. The van der Waals surface area contributed by atoms with Gasteiger partial charge in [0.1, 0.15) is 11.5 Å². The highest BCUT2D eigenvalue weighted by molar-refractivity contribution is 6.00. The third-order valence-corrected chi connectivity index (χ3v) is 5.67. The van der Waals surface area contributed by atoms with E-state index in [9.17, 15) is 9.18 Å². The minimum Gasteiger partial charge on any atom is -0.351 e. The van der Waals surface area contributed by atoms with Crippen LogP contribution in [0.1, 0.15) is 10.4 Å². The number of hydrogen-bond donors (Lipinski definition) is 0. The zero-order chi connectivity index (χ0) is 21.2. The number of halogens is 1. The van der Waals surface area contributed by atoms with Gasteiger partial charge in [-0.1, -0.05) is 42.5 Å². The lowest BCUT2D eigenvalue weighted by molar-refractivity contribution is 0.0746. The van der Waals surface area contributed by atoms with Crippen molar-refractivity contribution < 1.29 is 9.18 Å². The predicted octanol–water partition coefficient (Wildman–Crippen LogP) is 4.40. The highest BCUT2D eigenvalue weighted by atomic mass is 19.1. The molecule has 6 heteroatoms. The summed E-state index contributed by atoms with van der Waals surface area (Å²) in [7, 11) is 0. The largest absolute Gasteiger partial charge is 0.351 e. The molecule has 4 aromatic rings. The van der Waals surface area contributed by atoms with E-state index in [2.05, 4.69) is 15.1 Å². The number of rotatable bonds is 3. The molecule has 0 unspecified atom stereocenters. The van der Waals surface area contributed by atoms with E-state index in [1.54, 1.807) is 12.1 Å². The first-order valence-corrected chi connectivity index (χ1v) is 10.3. The Kier molecular flexibility index (Phi) is 5.04. The van der Waals surface area contributed by atoms with Crippen LogP contribution in [-0.4, -0.2) is 47.2 Å². The van der Waals surface area contributed by atoms with Gasteiger partial charge in [0.25, 0.3) is 5.91 Å². The summed E-state index contributed by atoms with van der Waals surface area (Å²) in [4.78, 5) is 16.8. The van der Waals surface area contributed by atoms with E-state index >= 15 is 0 Å². The van der Waals surface area contributed by atoms with Crippen LogP contribution in [0.3, 0.4) is 0 Å². The van der Waals surface area contributed by atoms with Crippen LogP contribution in [0.4, 0.5) is 10.2 Å². The second kappa shape index (κ2) is 8.14. The van der Waals surface area contributed by atoms with E-state index in [0.717, 1.165) is 27.8 Å². The normalized spacial score (nSPS) is 14.1. The van der Waals surface area contributed by atoms with Gasteiger partial charge >= 0.3 is 0 Å². The lowest BCUT2D eigenvalue weighted by atomic mass is 10.0. The maximum absolute atomic E-state index is 13.3. The van der Waals surface area contributed by atoms with Crippen molar-refractivity contribution in [1.29, 1.82) is 0 Å². The van der Waals surface area contributed by atoms with Crippen molar-refractivity contribution in [3.8, 4) is 11.3 Å². The summed E-state index contributed by atoms with van der Waals surface area (Å²) in [5.74, 6) is 0.594. The number of aromatic nitrogens is 2. The van der Waals surface area contributed by atoms with Gasteiger partial charge in [-0.05, 0) is 36.4 Å². The fraction of sp³-hybridized carbons (Fsp3) is 0.160. The molecule has 31 heavy (non-hydrogen) atoms. The van der Waals surface area contributed by atoms with E-state index in [4.69, 9.17) is 0 Å². The second-order valence-electron chi connectivity index (χ2n) is 7.57. The molecule has 5 nitrogen and oxygen atoms in total.